The standard InChI is InChI=1S/C13H16BrN3O2/c1-3-18-13(19-4-2)11-9-17(16-15-11)12-8-6-5-7-10(12)14/h5-9,13H,3-4H2,1-2H3. The molecule has 1 aromatic heterocycles. The number of para-hydroxylation sites is 1. The Labute approximate surface area is 120 Å². The first-order valence-corrected chi connectivity index (χ1v) is 6.96. The van der Waals surface area contributed by atoms with Crippen LogP contribution in [-0.2, 0) is 9.47 Å². The first-order valence-electron chi connectivity index (χ1n) is 6.16. The molecule has 5 nitrogen and oxygen atoms in total. The van der Waals surface area contributed by atoms with Gasteiger partial charge in [-0.25, -0.2) is 4.68 Å². The van der Waals surface area contributed by atoms with Gasteiger partial charge >= 0.3 is 0 Å². The van der Waals surface area contributed by atoms with Crippen LogP contribution < -0.4 is 0 Å². The molecule has 1 aromatic carbocycles. The number of hydrogen-bond donors (Lipinski definition) is 0. The maximum absolute atomic E-state index is 5.50. The molecular formula is C13H16BrN3O2. The van der Waals surface area contributed by atoms with E-state index in [0.29, 0.717) is 18.9 Å². The smallest absolute Gasteiger partial charge is 0.204 e. The lowest BCUT2D eigenvalue weighted by molar-refractivity contribution is -0.142. The van der Waals surface area contributed by atoms with E-state index in [1.807, 2.05) is 44.3 Å². The van der Waals surface area contributed by atoms with Gasteiger partial charge in [0.2, 0.25) is 6.29 Å². The molecule has 2 aromatic rings. The van der Waals surface area contributed by atoms with Crippen LogP contribution >= 0.6 is 15.9 Å². The van der Waals surface area contributed by atoms with E-state index in [9.17, 15) is 0 Å². The second kappa shape index (κ2) is 6.79. The molecule has 0 N–H and O–H groups in total. The lowest BCUT2D eigenvalue weighted by Gasteiger charge is -2.13. The monoisotopic (exact) mass is 325 g/mol. The lowest BCUT2D eigenvalue weighted by Crippen LogP contribution is -2.09. The Hall–Kier alpha value is -1.24. The molecule has 0 aliphatic heterocycles. The number of hydrogen-bond acceptors (Lipinski definition) is 4. The van der Waals surface area contributed by atoms with Crippen molar-refractivity contribution in [1.29, 1.82) is 0 Å². The lowest BCUT2D eigenvalue weighted by atomic mass is 10.3. The number of ether oxygens (including phenoxy) is 2. The van der Waals surface area contributed by atoms with Gasteiger partial charge in [0.05, 0.1) is 11.9 Å². The Bertz CT molecular complexity index is 524. The van der Waals surface area contributed by atoms with Crippen molar-refractivity contribution < 1.29 is 9.47 Å². The topological polar surface area (TPSA) is 49.2 Å². The molecule has 102 valence electrons. The highest BCUT2D eigenvalue weighted by atomic mass is 79.9. The van der Waals surface area contributed by atoms with E-state index in [1.165, 1.54) is 0 Å². The molecule has 0 aliphatic rings. The highest BCUT2D eigenvalue weighted by molar-refractivity contribution is 9.10. The average molecular weight is 326 g/mol. The van der Waals surface area contributed by atoms with Crippen LogP contribution in [0.3, 0.4) is 0 Å². The summed E-state index contributed by atoms with van der Waals surface area (Å²) in [6, 6.07) is 7.82. The molecule has 0 atom stereocenters. The molecular weight excluding hydrogens is 310 g/mol. The molecule has 0 unspecified atom stereocenters. The minimum Gasteiger partial charge on any atom is -0.347 e. The van der Waals surface area contributed by atoms with Gasteiger partial charge in [-0.05, 0) is 41.9 Å². The molecule has 0 bridgehead atoms. The fourth-order valence-corrected chi connectivity index (χ4v) is 2.13. The number of rotatable bonds is 6. The summed E-state index contributed by atoms with van der Waals surface area (Å²) in [4.78, 5) is 0. The normalized spacial score (nSPS) is 11.2. The maximum Gasteiger partial charge on any atom is 0.204 e. The predicted octanol–water partition coefficient (Wildman–Crippen LogP) is 3.10. The van der Waals surface area contributed by atoms with Crippen LogP contribution in [0.25, 0.3) is 5.69 Å². The molecule has 0 amide bonds. The number of benzene rings is 1. The number of aromatic nitrogens is 3. The summed E-state index contributed by atoms with van der Waals surface area (Å²) in [5.41, 5.74) is 1.59. The largest absolute Gasteiger partial charge is 0.347 e. The van der Waals surface area contributed by atoms with E-state index in [0.717, 1.165) is 10.2 Å². The number of halogens is 1. The summed E-state index contributed by atoms with van der Waals surface area (Å²) in [5, 5.41) is 8.22. The summed E-state index contributed by atoms with van der Waals surface area (Å²) in [7, 11) is 0. The molecule has 1 heterocycles. The second-order valence-corrected chi connectivity index (χ2v) is 4.64. The summed E-state index contributed by atoms with van der Waals surface area (Å²) in [6.07, 6.45) is 1.35. The summed E-state index contributed by atoms with van der Waals surface area (Å²) in [5.74, 6) is 0. The van der Waals surface area contributed by atoms with E-state index < -0.39 is 6.29 Å². The Morgan fingerprint density at radius 3 is 2.53 bits per heavy atom. The van der Waals surface area contributed by atoms with Crippen molar-refractivity contribution in [3.8, 4) is 5.69 Å². The highest BCUT2D eigenvalue weighted by Crippen LogP contribution is 2.22. The Morgan fingerprint density at radius 1 is 1.21 bits per heavy atom. The van der Waals surface area contributed by atoms with Gasteiger partial charge < -0.3 is 9.47 Å². The van der Waals surface area contributed by atoms with Gasteiger partial charge in [0.25, 0.3) is 0 Å². The van der Waals surface area contributed by atoms with E-state index >= 15 is 0 Å². The predicted molar refractivity (Wildman–Crippen MR) is 75.1 cm³/mol. The van der Waals surface area contributed by atoms with Gasteiger partial charge in [-0.15, -0.1) is 5.10 Å². The van der Waals surface area contributed by atoms with E-state index in [4.69, 9.17) is 9.47 Å². The Balaban J connectivity index is 2.25. The van der Waals surface area contributed by atoms with Crippen LogP contribution in [0.2, 0.25) is 0 Å². The van der Waals surface area contributed by atoms with Crippen LogP contribution in [0.4, 0.5) is 0 Å². The van der Waals surface area contributed by atoms with Crippen LogP contribution in [0.5, 0.6) is 0 Å². The van der Waals surface area contributed by atoms with Crippen LogP contribution in [0, 0.1) is 0 Å². The highest BCUT2D eigenvalue weighted by Gasteiger charge is 2.16. The third-order valence-electron chi connectivity index (χ3n) is 2.49. The molecule has 0 radical (unpaired) electrons. The first kappa shape index (κ1) is 14.2. The van der Waals surface area contributed by atoms with Gasteiger partial charge in [-0.3, -0.25) is 0 Å². The first-order chi connectivity index (χ1) is 9.26. The molecule has 6 heteroatoms. The van der Waals surface area contributed by atoms with Gasteiger partial charge in [0.15, 0.2) is 0 Å². The second-order valence-electron chi connectivity index (χ2n) is 3.78. The summed E-state index contributed by atoms with van der Waals surface area (Å²) < 4.78 is 13.6. The molecule has 0 fully saturated rings. The van der Waals surface area contributed by atoms with Crippen molar-refractivity contribution in [2.24, 2.45) is 0 Å². The fourth-order valence-electron chi connectivity index (χ4n) is 1.66. The zero-order chi connectivity index (χ0) is 13.7. The minimum absolute atomic E-state index is 0.466. The summed E-state index contributed by atoms with van der Waals surface area (Å²) >= 11 is 3.49. The zero-order valence-electron chi connectivity index (χ0n) is 10.9. The third-order valence-corrected chi connectivity index (χ3v) is 3.16. The van der Waals surface area contributed by atoms with Crippen molar-refractivity contribution >= 4 is 15.9 Å². The average Bonchev–Trinajstić information content (AvgIpc) is 2.88. The fraction of sp³-hybridized carbons (Fsp3) is 0.385. The quantitative estimate of drug-likeness (QED) is 0.766. The van der Waals surface area contributed by atoms with Gasteiger partial charge in [0, 0.05) is 17.7 Å². The Morgan fingerprint density at radius 2 is 1.89 bits per heavy atom. The van der Waals surface area contributed by atoms with Gasteiger partial charge in [0.1, 0.15) is 5.69 Å². The van der Waals surface area contributed by atoms with Crippen molar-refractivity contribution in [3.05, 3.63) is 40.6 Å². The van der Waals surface area contributed by atoms with Crippen molar-refractivity contribution in [3.63, 3.8) is 0 Å². The molecule has 0 saturated carbocycles. The number of nitrogens with zero attached hydrogens (tertiary/aromatic N) is 3. The molecule has 0 aliphatic carbocycles. The summed E-state index contributed by atoms with van der Waals surface area (Å²) in [6.45, 7) is 4.97. The van der Waals surface area contributed by atoms with Crippen LogP contribution in [0.1, 0.15) is 25.8 Å². The van der Waals surface area contributed by atoms with Crippen LogP contribution in [-0.4, -0.2) is 28.2 Å². The van der Waals surface area contributed by atoms with E-state index in [-0.39, 0.29) is 0 Å². The van der Waals surface area contributed by atoms with Crippen LogP contribution in [0.15, 0.2) is 34.9 Å². The van der Waals surface area contributed by atoms with Crippen molar-refractivity contribution in [1.82, 2.24) is 15.0 Å². The zero-order valence-corrected chi connectivity index (χ0v) is 12.5. The molecule has 0 saturated heterocycles. The van der Waals surface area contributed by atoms with Crippen molar-refractivity contribution in [2.45, 2.75) is 20.1 Å². The SMILES string of the molecule is CCOC(OCC)c1cn(-c2ccccc2Br)nn1. The Kier molecular flexibility index (Phi) is 5.07. The van der Waals surface area contributed by atoms with Crippen molar-refractivity contribution in [2.75, 3.05) is 13.2 Å². The van der Waals surface area contributed by atoms with E-state index in [1.54, 1.807) is 4.68 Å². The molecule has 0 spiro atoms. The third kappa shape index (κ3) is 3.40. The molecule has 19 heavy (non-hydrogen) atoms. The maximum atomic E-state index is 5.50. The minimum atomic E-state index is -0.466. The molecule has 2 rings (SSSR count). The van der Waals surface area contributed by atoms with E-state index in [2.05, 4.69) is 26.2 Å². The van der Waals surface area contributed by atoms with Gasteiger partial charge in [-0.2, -0.15) is 0 Å². The van der Waals surface area contributed by atoms with Gasteiger partial charge in [-0.1, -0.05) is 17.3 Å².